The Hall–Kier alpha value is -2.27. The van der Waals surface area contributed by atoms with Crippen LogP contribution in [0, 0.1) is 6.92 Å². The number of benzene rings is 2. The predicted molar refractivity (Wildman–Crippen MR) is 87.5 cm³/mol. The normalized spacial score (nSPS) is 10.9. The molecule has 1 heterocycles. The number of nitrogens with two attached hydrogens (primary N) is 1. The fraction of sp³-hybridized carbons (Fsp3) is 0.125. The molecule has 1 aromatic heterocycles. The molecule has 0 aliphatic rings. The average Bonchev–Trinajstić information content (AvgIpc) is 2.46. The van der Waals surface area contributed by atoms with Crippen LogP contribution in [0.4, 0.5) is 5.69 Å². The maximum absolute atomic E-state index is 11.7. The highest BCUT2D eigenvalue weighted by Crippen LogP contribution is 2.30. The van der Waals surface area contributed by atoms with Gasteiger partial charge in [0.25, 0.3) is 5.56 Å². The first-order chi connectivity index (χ1) is 10.1. The van der Waals surface area contributed by atoms with Crippen LogP contribution in [0.1, 0.15) is 11.1 Å². The molecule has 4 nitrogen and oxygen atoms in total. The van der Waals surface area contributed by atoms with Gasteiger partial charge in [-0.1, -0.05) is 29.8 Å². The standard InChI is InChI=1S/C16H15N3OS/c1-10-3-2-4-11(5-10)8-21-15-7-14-12(6-13(15)17)16(20)19-9-18-14/h2-7,9H,8,17H2,1H3,(H,18,19,20). The van der Waals surface area contributed by atoms with E-state index in [0.717, 1.165) is 10.6 Å². The second kappa shape index (κ2) is 5.61. The number of hydrogen-bond acceptors (Lipinski definition) is 4. The lowest BCUT2D eigenvalue weighted by Gasteiger charge is -2.07. The molecule has 3 N–H and O–H groups in total. The summed E-state index contributed by atoms with van der Waals surface area (Å²) in [6.07, 6.45) is 1.41. The summed E-state index contributed by atoms with van der Waals surface area (Å²) in [7, 11) is 0. The first-order valence-corrected chi connectivity index (χ1v) is 7.57. The molecule has 0 unspecified atom stereocenters. The summed E-state index contributed by atoms with van der Waals surface area (Å²) in [6.45, 7) is 2.08. The number of aromatic nitrogens is 2. The van der Waals surface area contributed by atoms with Crippen LogP contribution < -0.4 is 11.3 Å². The van der Waals surface area contributed by atoms with Crippen LogP contribution in [0.25, 0.3) is 10.9 Å². The van der Waals surface area contributed by atoms with Gasteiger partial charge in [-0.25, -0.2) is 4.98 Å². The summed E-state index contributed by atoms with van der Waals surface area (Å²) in [5.41, 5.74) is 9.65. The molecule has 5 heteroatoms. The Kier molecular flexibility index (Phi) is 3.66. The molecule has 0 aliphatic carbocycles. The second-order valence-corrected chi connectivity index (χ2v) is 5.93. The van der Waals surface area contributed by atoms with Gasteiger partial charge in [0.1, 0.15) is 0 Å². The van der Waals surface area contributed by atoms with Crippen molar-refractivity contribution in [2.45, 2.75) is 17.6 Å². The first kappa shape index (κ1) is 13.7. The predicted octanol–water partition coefficient (Wildman–Crippen LogP) is 3.11. The molecule has 0 saturated heterocycles. The van der Waals surface area contributed by atoms with E-state index >= 15 is 0 Å². The second-order valence-electron chi connectivity index (χ2n) is 4.92. The molecule has 0 spiro atoms. The monoisotopic (exact) mass is 297 g/mol. The Morgan fingerprint density at radius 2 is 2.14 bits per heavy atom. The van der Waals surface area contributed by atoms with E-state index in [4.69, 9.17) is 5.73 Å². The highest BCUT2D eigenvalue weighted by Gasteiger charge is 2.07. The number of nitrogens with zero attached hydrogens (tertiary/aromatic N) is 1. The number of aromatic amines is 1. The zero-order valence-corrected chi connectivity index (χ0v) is 12.4. The van der Waals surface area contributed by atoms with E-state index in [1.54, 1.807) is 17.8 Å². The van der Waals surface area contributed by atoms with Gasteiger partial charge in [0.05, 0.1) is 17.2 Å². The molecule has 0 radical (unpaired) electrons. The third kappa shape index (κ3) is 2.92. The topological polar surface area (TPSA) is 71.8 Å². The van der Waals surface area contributed by atoms with Gasteiger partial charge >= 0.3 is 0 Å². The van der Waals surface area contributed by atoms with Crippen molar-refractivity contribution in [3.05, 3.63) is 64.2 Å². The summed E-state index contributed by atoms with van der Waals surface area (Å²) >= 11 is 1.65. The molecule has 3 rings (SSSR count). The zero-order valence-electron chi connectivity index (χ0n) is 11.6. The summed E-state index contributed by atoms with van der Waals surface area (Å²) in [6, 6.07) is 12.0. The van der Waals surface area contributed by atoms with Gasteiger partial charge in [0, 0.05) is 16.3 Å². The summed E-state index contributed by atoms with van der Waals surface area (Å²) in [4.78, 5) is 19.4. The van der Waals surface area contributed by atoms with E-state index in [2.05, 4.69) is 41.2 Å². The minimum atomic E-state index is -0.165. The van der Waals surface area contributed by atoms with Gasteiger partial charge < -0.3 is 10.7 Å². The molecule has 2 aromatic carbocycles. The molecular formula is C16H15N3OS. The lowest BCUT2D eigenvalue weighted by molar-refractivity contribution is 1.17. The Morgan fingerprint density at radius 3 is 2.95 bits per heavy atom. The molecule has 3 aromatic rings. The van der Waals surface area contributed by atoms with Crippen molar-refractivity contribution in [2.75, 3.05) is 5.73 Å². The van der Waals surface area contributed by atoms with Crippen molar-refractivity contribution >= 4 is 28.4 Å². The molecule has 0 fully saturated rings. The first-order valence-electron chi connectivity index (χ1n) is 6.59. The lowest BCUT2D eigenvalue weighted by atomic mass is 10.2. The van der Waals surface area contributed by atoms with Gasteiger partial charge in [0.15, 0.2) is 0 Å². The number of aryl methyl sites for hydroxylation is 1. The van der Waals surface area contributed by atoms with Crippen molar-refractivity contribution < 1.29 is 0 Å². The van der Waals surface area contributed by atoms with Crippen molar-refractivity contribution in [3.8, 4) is 0 Å². The highest BCUT2D eigenvalue weighted by molar-refractivity contribution is 7.98. The maximum Gasteiger partial charge on any atom is 0.258 e. The Labute approximate surface area is 126 Å². The van der Waals surface area contributed by atoms with E-state index in [9.17, 15) is 4.79 Å². The highest BCUT2D eigenvalue weighted by atomic mass is 32.2. The van der Waals surface area contributed by atoms with Crippen molar-refractivity contribution in [2.24, 2.45) is 0 Å². The molecule has 0 atom stereocenters. The van der Waals surface area contributed by atoms with Gasteiger partial charge in [0.2, 0.25) is 0 Å². The van der Waals surface area contributed by atoms with Crippen LogP contribution in [0.2, 0.25) is 0 Å². The van der Waals surface area contributed by atoms with E-state index in [0.29, 0.717) is 16.6 Å². The maximum atomic E-state index is 11.7. The fourth-order valence-corrected chi connectivity index (χ4v) is 3.12. The Bertz CT molecular complexity index is 858. The number of nitrogens with one attached hydrogen (secondary N) is 1. The smallest absolute Gasteiger partial charge is 0.258 e. The van der Waals surface area contributed by atoms with Crippen LogP contribution in [-0.4, -0.2) is 9.97 Å². The quantitative estimate of drug-likeness (QED) is 0.575. The largest absolute Gasteiger partial charge is 0.398 e. The van der Waals surface area contributed by atoms with Crippen LogP contribution in [-0.2, 0) is 5.75 Å². The number of nitrogen functional groups attached to an aromatic ring is 1. The van der Waals surface area contributed by atoms with Gasteiger partial charge in [-0.3, -0.25) is 4.79 Å². The number of anilines is 1. The fourth-order valence-electron chi connectivity index (χ4n) is 2.20. The minimum absolute atomic E-state index is 0.165. The molecule has 106 valence electrons. The molecule has 0 amide bonds. The zero-order chi connectivity index (χ0) is 14.8. The van der Waals surface area contributed by atoms with Crippen LogP contribution >= 0.6 is 11.8 Å². The van der Waals surface area contributed by atoms with E-state index < -0.39 is 0 Å². The molecule has 0 saturated carbocycles. The van der Waals surface area contributed by atoms with Crippen LogP contribution in [0.15, 0.2) is 52.4 Å². The summed E-state index contributed by atoms with van der Waals surface area (Å²) < 4.78 is 0. The van der Waals surface area contributed by atoms with Crippen molar-refractivity contribution in [1.29, 1.82) is 0 Å². The van der Waals surface area contributed by atoms with Crippen molar-refractivity contribution in [3.63, 3.8) is 0 Å². The molecular weight excluding hydrogens is 282 g/mol. The van der Waals surface area contributed by atoms with E-state index in [1.807, 2.05) is 6.07 Å². The summed E-state index contributed by atoms with van der Waals surface area (Å²) in [5, 5.41) is 0.523. The SMILES string of the molecule is Cc1cccc(CSc2cc3nc[nH]c(=O)c3cc2N)c1. The minimum Gasteiger partial charge on any atom is -0.398 e. The average molecular weight is 297 g/mol. The third-order valence-electron chi connectivity index (χ3n) is 3.25. The number of thioether (sulfide) groups is 1. The Balaban J connectivity index is 1.90. The number of fused-ring (bicyclic) bond motifs is 1. The number of rotatable bonds is 3. The van der Waals surface area contributed by atoms with Gasteiger partial charge in [-0.05, 0) is 24.6 Å². The van der Waals surface area contributed by atoms with Crippen LogP contribution in [0.3, 0.4) is 0 Å². The van der Waals surface area contributed by atoms with Crippen molar-refractivity contribution in [1.82, 2.24) is 9.97 Å². The number of hydrogen-bond donors (Lipinski definition) is 2. The van der Waals surface area contributed by atoms with E-state index in [1.165, 1.54) is 17.5 Å². The lowest BCUT2D eigenvalue weighted by Crippen LogP contribution is -2.07. The van der Waals surface area contributed by atoms with Gasteiger partial charge in [-0.2, -0.15) is 0 Å². The number of H-pyrrole nitrogens is 1. The van der Waals surface area contributed by atoms with E-state index in [-0.39, 0.29) is 5.56 Å². The van der Waals surface area contributed by atoms with Crippen LogP contribution in [0.5, 0.6) is 0 Å². The Morgan fingerprint density at radius 1 is 1.29 bits per heavy atom. The van der Waals surface area contributed by atoms with Gasteiger partial charge in [-0.15, -0.1) is 11.8 Å². The molecule has 21 heavy (non-hydrogen) atoms. The summed E-state index contributed by atoms with van der Waals surface area (Å²) in [5.74, 6) is 0.834. The molecule has 0 bridgehead atoms. The third-order valence-corrected chi connectivity index (χ3v) is 4.39. The molecule has 0 aliphatic heterocycles.